The monoisotopic (exact) mass is 473 g/mol. The first-order valence-corrected chi connectivity index (χ1v) is 11.1. The van der Waals surface area contributed by atoms with Crippen LogP contribution in [-0.2, 0) is 4.79 Å². The molecule has 0 saturated heterocycles. The van der Waals surface area contributed by atoms with E-state index >= 15 is 0 Å². The maximum absolute atomic E-state index is 13.5. The molecule has 1 N–H and O–H groups in total. The summed E-state index contributed by atoms with van der Waals surface area (Å²) in [4.78, 5) is 26.1. The minimum absolute atomic E-state index is 0.0490. The molecule has 0 atom stereocenters. The predicted molar refractivity (Wildman–Crippen MR) is 136 cm³/mol. The number of ether oxygens (including phenoxy) is 3. The van der Waals surface area contributed by atoms with Crippen LogP contribution in [0.25, 0.3) is 22.3 Å². The van der Waals surface area contributed by atoms with Crippen molar-refractivity contribution >= 4 is 22.6 Å². The van der Waals surface area contributed by atoms with E-state index in [4.69, 9.17) is 18.6 Å². The largest absolute Gasteiger partial charge is 0.493 e. The highest BCUT2D eigenvalue weighted by Gasteiger charge is 2.21. The third kappa shape index (κ3) is 4.99. The van der Waals surface area contributed by atoms with E-state index in [0.29, 0.717) is 33.7 Å². The molecule has 35 heavy (non-hydrogen) atoms. The van der Waals surface area contributed by atoms with Crippen LogP contribution >= 0.6 is 0 Å². The Morgan fingerprint density at radius 1 is 0.886 bits per heavy atom. The summed E-state index contributed by atoms with van der Waals surface area (Å²) in [6.07, 6.45) is 0. The topological polar surface area (TPSA) is 87.0 Å². The number of benzene rings is 3. The zero-order valence-corrected chi connectivity index (χ0v) is 20.4. The molecule has 1 aromatic heterocycles. The number of hydrogen-bond donors (Lipinski definition) is 1. The van der Waals surface area contributed by atoms with Gasteiger partial charge in [-0.3, -0.25) is 9.59 Å². The van der Waals surface area contributed by atoms with Crippen LogP contribution in [0.15, 0.2) is 63.8 Å². The molecule has 180 valence electrons. The summed E-state index contributed by atoms with van der Waals surface area (Å²) in [7, 11) is 3.07. The van der Waals surface area contributed by atoms with Crippen LogP contribution in [0.5, 0.6) is 17.2 Å². The number of carbonyl (C=O) groups is 1. The Morgan fingerprint density at radius 2 is 1.57 bits per heavy atom. The lowest BCUT2D eigenvalue weighted by atomic mass is 10.0. The van der Waals surface area contributed by atoms with Crippen LogP contribution in [0.1, 0.15) is 16.7 Å². The summed E-state index contributed by atoms with van der Waals surface area (Å²) < 4.78 is 22.7. The van der Waals surface area contributed by atoms with Gasteiger partial charge in [0.15, 0.2) is 23.9 Å². The SMILES string of the molecule is COc1ccc(-c2oc3cc(C)c(C)cc3c(=O)c2OCC(=O)Nc2ccc(C)cc2)cc1OC. The van der Waals surface area contributed by atoms with Crippen LogP contribution in [0.2, 0.25) is 0 Å². The minimum atomic E-state index is -0.397. The molecule has 0 spiro atoms. The summed E-state index contributed by atoms with van der Waals surface area (Å²) in [6, 6.07) is 16.2. The van der Waals surface area contributed by atoms with Crippen LogP contribution in [0.3, 0.4) is 0 Å². The zero-order valence-electron chi connectivity index (χ0n) is 20.4. The number of nitrogens with one attached hydrogen (secondary N) is 1. The average Bonchev–Trinajstić information content (AvgIpc) is 2.85. The van der Waals surface area contributed by atoms with Crippen molar-refractivity contribution in [3.63, 3.8) is 0 Å². The molecule has 3 aromatic carbocycles. The standard InChI is InChI=1S/C28H27NO6/c1-16-6-9-20(10-7-16)29-25(30)15-34-28-26(31)21-12-17(2)18(3)13-23(21)35-27(28)19-8-11-22(32-4)24(14-19)33-5/h6-14H,15H2,1-5H3,(H,29,30). The second kappa shape index (κ2) is 9.93. The number of carbonyl (C=O) groups excluding carboxylic acids is 1. The lowest BCUT2D eigenvalue weighted by Crippen LogP contribution is -2.22. The molecular formula is C28H27NO6. The van der Waals surface area contributed by atoms with Gasteiger partial charge in [-0.15, -0.1) is 0 Å². The molecule has 0 aliphatic heterocycles. The zero-order chi connectivity index (χ0) is 25.1. The van der Waals surface area contributed by atoms with E-state index in [9.17, 15) is 9.59 Å². The van der Waals surface area contributed by atoms with Gasteiger partial charge in [-0.1, -0.05) is 17.7 Å². The highest BCUT2D eigenvalue weighted by Crippen LogP contribution is 2.37. The van der Waals surface area contributed by atoms with E-state index < -0.39 is 5.91 Å². The van der Waals surface area contributed by atoms with E-state index in [0.717, 1.165) is 16.7 Å². The average molecular weight is 474 g/mol. The molecular weight excluding hydrogens is 446 g/mol. The fourth-order valence-corrected chi connectivity index (χ4v) is 3.70. The van der Waals surface area contributed by atoms with Gasteiger partial charge in [0.2, 0.25) is 11.2 Å². The van der Waals surface area contributed by atoms with E-state index in [1.807, 2.05) is 39.0 Å². The number of aryl methyl sites for hydroxylation is 3. The van der Waals surface area contributed by atoms with Gasteiger partial charge < -0.3 is 23.9 Å². The lowest BCUT2D eigenvalue weighted by Gasteiger charge is -2.14. The Kier molecular flexibility index (Phi) is 6.78. The number of methoxy groups -OCH3 is 2. The summed E-state index contributed by atoms with van der Waals surface area (Å²) >= 11 is 0. The van der Waals surface area contributed by atoms with Crippen molar-refractivity contribution in [1.29, 1.82) is 0 Å². The fraction of sp³-hybridized carbons (Fsp3) is 0.214. The van der Waals surface area contributed by atoms with Crippen molar-refractivity contribution in [2.24, 2.45) is 0 Å². The van der Waals surface area contributed by atoms with E-state index in [2.05, 4.69) is 5.32 Å². The summed E-state index contributed by atoms with van der Waals surface area (Å²) in [5.41, 5.74) is 4.28. The van der Waals surface area contributed by atoms with Crippen LogP contribution in [0.4, 0.5) is 5.69 Å². The van der Waals surface area contributed by atoms with Gasteiger partial charge in [-0.2, -0.15) is 0 Å². The van der Waals surface area contributed by atoms with Crippen molar-refractivity contribution in [2.75, 3.05) is 26.1 Å². The molecule has 1 amide bonds. The fourth-order valence-electron chi connectivity index (χ4n) is 3.70. The molecule has 0 aliphatic carbocycles. The highest BCUT2D eigenvalue weighted by molar-refractivity contribution is 5.92. The van der Waals surface area contributed by atoms with E-state index in [1.165, 1.54) is 7.11 Å². The smallest absolute Gasteiger partial charge is 0.262 e. The molecule has 7 nitrogen and oxygen atoms in total. The van der Waals surface area contributed by atoms with Gasteiger partial charge in [-0.05, 0) is 74.4 Å². The molecule has 0 unspecified atom stereocenters. The number of fused-ring (bicyclic) bond motifs is 1. The first-order chi connectivity index (χ1) is 16.8. The number of amides is 1. The predicted octanol–water partition coefficient (Wildman–Crippen LogP) is 5.42. The highest BCUT2D eigenvalue weighted by atomic mass is 16.5. The van der Waals surface area contributed by atoms with Gasteiger partial charge in [0.05, 0.1) is 19.6 Å². The Balaban J connectivity index is 1.76. The normalized spacial score (nSPS) is 10.8. The van der Waals surface area contributed by atoms with Crippen molar-refractivity contribution in [3.8, 4) is 28.6 Å². The van der Waals surface area contributed by atoms with Crippen molar-refractivity contribution in [3.05, 3.63) is 81.5 Å². The van der Waals surface area contributed by atoms with Gasteiger partial charge in [0.25, 0.3) is 5.91 Å². The number of rotatable bonds is 7. The number of hydrogen-bond acceptors (Lipinski definition) is 6. The van der Waals surface area contributed by atoms with Gasteiger partial charge in [-0.25, -0.2) is 0 Å². The summed E-state index contributed by atoms with van der Waals surface area (Å²) in [5, 5.41) is 3.15. The first-order valence-electron chi connectivity index (χ1n) is 11.1. The molecule has 4 rings (SSSR count). The molecule has 0 bridgehead atoms. The van der Waals surface area contributed by atoms with Gasteiger partial charge in [0.1, 0.15) is 5.58 Å². The molecule has 0 radical (unpaired) electrons. The third-order valence-corrected chi connectivity index (χ3v) is 5.79. The van der Waals surface area contributed by atoms with Crippen LogP contribution in [0, 0.1) is 20.8 Å². The van der Waals surface area contributed by atoms with Crippen LogP contribution < -0.4 is 25.0 Å². The summed E-state index contributed by atoms with van der Waals surface area (Å²) in [6.45, 7) is 5.47. The second-order valence-electron chi connectivity index (χ2n) is 8.29. The van der Waals surface area contributed by atoms with E-state index in [1.54, 1.807) is 43.5 Å². The molecule has 4 aromatic rings. The quantitative estimate of drug-likeness (QED) is 0.386. The Hall–Kier alpha value is -4.26. The van der Waals surface area contributed by atoms with Gasteiger partial charge >= 0.3 is 0 Å². The Bertz CT molecular complexity index is 1450. The number of anilines is 1. The second-order valence-corrected chi connectivity index (χ2v) is 8.29. The minimum Gasteiger partial charge on any atom is -0.493 e. The first kappa shape index (κ1) is 23.9. The Labute approximate surface area is 203 Å². The molecule has 1 heterocycles. The Morgan fingerprint density at radius 3 is 2.26 bits per heavy atom. The maximum Gasteiger partial charge on any atom is 0.262 e. The van der Waals surface area contributed by atoms with Gasteiger partial charge in [0, 0.05) is 11.3 Å². The lowest BCUT2D eigenvalue weighted by molar-refractivity contribution is -0.118. The van der Waals surface area contributed by atoms with Crippen molar-refractivity contribution < 1.29 is 23.4 Å². The molecule has 0 aliphatic rings. The van der Waals surface area contributed by atoms with Crippen molar-refractivity contribution in [2.45, 2.75) is 20.8 Å². The maximum atomic E-state index is 13.5. The van der Waals surface area contributed by atoms with Crippen molar-refractivity contribution in [1.82, 2.24) is 0 Å². The summed E-state index contributed by atoms with van der Waals surface area (Å²) in [5.74, 6) is 0.760. The molecule has 7 heteroatoms. The third-order valence-electron chi connectivity index (χ3n) is 5.79. The van der Waals surface area contributed by atoms with E-state index in [-0.39, 0.29) is 23.5 Å². The molecule has 0 saturated carbocycles. The van der Waals surface area contributed by atoms with Crippen LogP contribution in [-0.4, -0.2) is 26.7 Å². The molecule has 0 fully saturated rings.